The molecule has 0 N–H and O–H groups in total. The Morgan fingerprint density at radius 3 is 2.40 bits per heavy atom. The van der Waals surface area contributed by atoms with Crippen LogP contribution in [0.25, 0.3) is 0 Å². The molecule has 88 valence electrons. The van der Waals surface area contributed by atoms with E-state index in [0.717, 1.165) is 32.8 Å². The molecule has 4 heteroatoms. The molecule has 0 saturated carbocycles. The first-order valence-electron chi connectivity index (χ1n) is 5.86. The maximum Gasteiger partial charge on any atom is 0.0869 e. The van der Waals surface area contributed by atoms with Crippen molar-refractivity contribution in [2.75, 3.05) is 60.5 Å². The van der Waals surface area contributed by atoms with Crippen molar-refractivity contribution in [1.29, 1.82) is 0 Å². The molecule has 0 aromatic carbocycles. The maximum atomic E-state index is 5.90. The van der Waals surface area contributed by atoms with Gasteiger partial charge in [0.2, 0.25) is 0 Å². The summed E-state index contributed by atoms with van der Waals surface area (Å²) >= 11 is 0. The predicted octanol–water partition coefficient (Wildman–Crippen LogP) is -0.437. The fraction of sp³-hybridized carbons (Fsp3) is 1.00. The average Bonchev–Trinajstić information content (AvgIpc) is 2.22. The fourth-order valence-corrected chi connectivity index (χ4v) is 2.49. The first kappa shape index (κ1) is 11.3. The number of nitrogens with zero attached hydrogens (tertiary/aromatic N) is 3. The van der Waals surface area contributed by atoms with Gasteiger partial charge in [-0.05, 0) is 21.1 Å². The maximum absolute atomic E-state index is 5.90. The van der Waals surface area contributed by atoms with Crippen LogP contribution in [0, 0.1) is 0 Å². The predicted molar refractivity (Wildman–Crippen MR) is 61.2 cm³/mol. The lowest BCUT2D eigenvalue weighted by molar-refractivity contribution is -0.0770. The minimum atomic E-state index is 0.386. The van der Waals surface area contributed by atoms with Crippen molar-refractivity contribution in [3.8, 4) is 0 Å². The quantitative estimate of drug-likeness (QED) is 0.588. The number of hydrogen-bond acceptors (Lipinski definition) is 4. The third-order valence-electron chi connectivity index (χ3n) is 3.63. The van der Waals surface area contributed by atoms with Crippen LogP contribution in [0.1, 0.15) is 0 Å². The summed E-state index contributed by atoms with van der Waals surface area (Å²) in [5.74, 6) is 0. The molecule has 2 saturated heterocycles. The van der Waals surface area contributed by atoms with Crippen molar-refractivity contribution < 1.29 is 4.74 Å². The van der Waals surface area contributed by atoms with Crippen LogP contribution in [0.2, 0.25) is 0 Å². The third kappa shape index (κ3) is 2.69. The summed E-state index contributed by atoms with van der Waals surface area (Å²) in [6.45, 7) is 6.50. The highest BCUT2D eigenvalue weighted by Crippen LogP contribution is 2.15. The molecule has 0 aromatic rings. The molecule has 15 heavy (non-hydrogen) atoms. The van der Waals surface area contributed by atoms with Crippen molar-refractivity contribution in [3.63, 3.8) is 0 Å². The standard InChI is InChI=1S/C11H23N3O/c1-12-4-5-14(3)10(8-12)11-9-13(2)6-7-15-11/h10-11H,4-9H2,1-3H3. The minimum Gasteiger partial charge on any atom is -0.374 e. The second-order valence-electron chi connectivity index (χ2n) is 4.98. The van der Waals surface area contributed by atoms with E-state index < -0.39 is 0 Å². The zero-order chi connectivity index (χ0) is 10.8. The number of ether oxygens (including phenoxy) is 1. The van der Waals surface area contributed by atoms with Crippen LogP contribution in [0.15, 0.2) is 0 Å². The van der Waals surface area contributed by atoms with E-state index in [1.54, 1.807) is 0 Å². The van der Waals surface area contributed by atoms with Crippen LogP contribution < -0.4 is 0 Å². The van der Waals surface area contributed by atoms with Crippen LogP contribution in [-0.2, 0) is 4.74 Å². The molecule has 4 nitrogen and oxygen atoms in total. The summed E-state index contributed by atoms with van der Waals surface area (Å²) in [4.78, 5) is 7.23. The topological polar surface area (TPSA) is 19.0 Å². The van der Waals surface area contributed by atoms with E-state index in [-0.39, 0.29) is 0 Å². The second-order valence-corrected chi connectivity index (χ2v) is 4.98. The number of piperazine rings is 1. The summed E-state index contributed by atoms with van der Waals surface area (Å²) < 4.78 is 5.90. The molecule has 2 atom stereocenters. The number of morpholine rings is 1. The van der Waals surface area contributed by atoms with Crippen molar-refractivity contribution in [1.82, 2.24) is 14.7 Å². The van der Waals surface area contributed by atoms with E-state index in [1.807, 2.05) is 0 Å². The van der Waals surface area contributed by atoms with E-state index in [9.17, 15) is 0 Å². The lowest BCUT2D eigenvalue weighted by atomic mass is 10.1. The van der Waals surface area contributed by atoms with Gasteiger partial charge >= 0.3 is 0 Å². The molecule has 2 heterocycles. The van der Waals surface area contributed by atoms with Crippen molar-refractivity contribution in [3.05, 3.63) is 0 Å². The largest absolute Gasteiger partial charge is 0.374 e. The van der Waals surface area contributed by atoms with Gasteiger partial charge in [0, 0.05) is 38.8 Å². The van der Waals surface area contributed by atoms with Crippen LogP contribution in [-0.4, -0.2) is 87.3 Å². The zero-order valence-corrected chi connectivity index (χ0v) is 10.1. The Labute approximate surface area is 92.8 Å². The number of hydrogen-bond donors (Lipinski definition) is 0. The van der Waals surface area contributed by atoms with Crippen LogP contribution in [0.5, 0.6) is 0 Å². The van der Waals surface area contributed by atoms with Gasteiger partial charge in [0.15, 0.2) is 0 Å². The summed E-state index contributed by atoms with van der Waals surface area (Å²) in [6, 6.07) is 0.562. The molecule has 2 rings (SSSR count). The molecule has 2 aliphatic rings. The summed E-state index contributed by atoms with van der Waals surface area (Å²) in [5.41, 5.74) is 0. The van der Waals surface area contributed by atoms with Gasteiger partial charge in [-0.15, -0.1) is 0 Å². The molecular weight excluding hydrogens is 190 g/mol. The van der Waals surface area contributed by atoms with Crippen LogP contribution in [0.3, 0.4) is 0 Å². The molecule has 2 fully saturated rings. The summed E-state index contributed by atoms with van der Waals surface area (Å²) in [6.07, 6.45) is 0.386. The molecule has 2 unspecified atom stereocenters. The normalized spacial score (nSPS) is 37.0. The second kappa shape index (κ2) is 4.78. The molecular formula is C11H23N3O. The van der Waals surface area contributed by atoms with Crippen LogP contribution >= 0.6 is 0 Å². The Morgan fingerprint density at radius 2 is 1.67 bits per heavy atom. The highest BCUT2D eigenvalue weighted by molar-refractivity contribution is 4.88. The highest BCUT2D eigenvalue weighted by Gasteiger charge is 2.32. The lowest BCUT2D eigenvalue weighted by Gasteiger charge is -2.44. The van der Waals surface area contributed by atoms with Gasteiger partial charge in [-0.2, -0.15) is 0 Å². The van der Waals surface area contributed by atoms with Crippen LogP contribution in [0.4, 0.5) is 0 Å². The Hall–Kier alpha value is -0.160. The van der Waals surface area contributed by atoms with E-state index in [4.69, 9.17) is 4.74 Å². The molecule has 0 radical (unpaired) electrons. The van der Waals surface area contributed by atoms with Crippen molar-refractivity contribution in [2.45, 2.75) is 12.1 Å². The van der Waals surface area contributed by atoms with Gasteiger partial charge in [0.05, 0.1) is 12.7 Å². The van der Waals surface area contributed by atoms with Gasteiger partial charge in [-0.25, -0.2) is 0 Å². The molecule has 0 aliphatic carbocycles. The molecule has 0 bridgehead atoms. The SMILES string of the molecule is CN1CCOC(C2CN(C)CCN2C)C1. The Balaban J connectivity index is 1.94. The van der Waals surface area contributed by atoms with Crippen molar-refractivity contribution in [2.24, 2.45) is 0 Å². The Bertz CT molecular complexity index is 212. The Kier molecular flexibility index (Phi) is 3.61. The van der Waals surface area contributed by atoms with E-state index in [2.05, 4.69) is 35.8 Å². The third-order valence-corrected chi connectivity index (χ3v) is 3.63. The van der Waals surface area contributed by atoms with Crippen molar-refractivity contribution >= 4 is 0 Å². The molecule has 0 amide bonds. The number of likely N-dealkylation sites (N-methyl/N-ethyl adjacent to an activating group) is 3. The monoisotopic (exact) mass is 213 g/mol. The summed E-state index contributed by atoms with van der Waals surface area (Å²) in [7, 11) is 6.60. The van der Waals surface area contributed by atoms with Gasteiger partial charge in [-0.1, -0.05) is 0 Å². The lowest BCUT2D eigenvalue weighted by Crippen LogP contribution is -2.59. The van der Waals surface area contributed by atoms with Gasteiger partial charge < -0.3 is 14.5 Å². The zero-order valence-electron chi connectivity index (χ0n) is 10.1. The van der Waals surface area contributed by atoms with E-state index in [1.165, 1.54) is 6.54 Å². The molecule has 0 spiro atoms. The molecule has 0 aromatic heterocycles. The summed E-state index contributed by atoms with van der Waals surface area (Å²) in [5, 5.41) is 0. The first-order chi connectivity index (χ1) is 7.16. The smallest absolute Gasteiger partial charge is 0.0869 e. The molecule has 2 aliphatic heterocycles. The van der Waals surface area contributed by atoms with E-state index in [0.29, 0.717) is 12.1 Å². The average molecular weight is 213 g/mol. The number of rotatable bonds is 1. The van der Waals surface area contributed by atoms with E-state index >= 15 is 0 Å². The first-order valence-corrected chi connectivity index (χ1v) is 5.86. The van der Waals surface area contributed by atoms with Gasteiger partial charge in [0.25, 0.3) is 0 Å². The fourth-order valence-electron chi connectivity index (χ4n) is 2.49. The highest BCUT2D eigenvalue weighted by atomic mass is 16.5. The van der Waals surface area contributed by atoms with Gasteiger partial charge in [-0.3, -0.25) is 4.90 Å². The Morgan fingerprint density at radius 1 is 0.933 bits per heavy atom. The minimum absolute atomic E-state index is 0.386. The van der Waals surface area contributed by atoms with Gasteiger partial charge in [0.1, 0.15) is 0 Å².